The van der Waals surface area contributed by atoms with Crippen LogP contribution < -0.4 is 4.57 Å². The quantitative estimate of drug-likeness (QED) is 0.581. The lowest BCUT2D eigenvalue weighted by atomic mass is 9.63. The van der Waals surface area contributed by atoms with Gasteiger partial charge >= 0.3 is 0 Å². The molecule has 140 valence electrons. The highest BCUT2D eigenvalue weighted by atomic mass is 19.1. The van der Waals surface area contributed by atoms with E-state index in [-0.39, 0.29) is 11.0 Å². The molecular weight excluding hydrogens is 318 g/mol. The van der Waals surface area contributed by atoms with Crippen LogP contribution in [0.4, 0.5) is 8.78 Å². The van der Waals surface area contributed by atoms with Gasteiger partial charge in [0, 0.05) is 11.5 Å². The molecule has 4 heteroatoms. The summed E-state index contributed by atoms with van der Waals surface area (Å²) in [6.45, 7) is 16.4. The number of aryl methyl sites for hydroxylation is 1. The van der Waals surface area contributed by atoms with E-state index >= 15 is 0 Å². The van der Waals surface area contributed by atoms with Crippen LogP contribution >= 0.6 is 0 Å². The Morgan fingerprint density at radius 3 is 2.12 bits per heavy atom. The molecule has 2 heterocycles. The van der Waals surface area contributed by atoms with E-state index in [4.69, 9.17) is 0 Å². The third kappa shape index (κ3) is 3.00. The highest BCUT2D eigenvalue weighted by Gasteiger charge is 2.54. The van der Waals surface area contributed by atoms with Gasteiger partial charge in [-0.15, -0.1) is 0 Å². The lowest BCUT2D eigenvalue weighted by Crippen LogP contribution is -2.51. The normalized spacial score (nSPS) is 19.6. The van der Waals surface area contributed by atoms with Crippen molar-refractivity contribution in [2.24, 2.45) is 7.05 Å². The first-order chi connectivity index (χ1) is 11.7. The van der Waals surface area contributed by atoms with Crippen LogP contribution in [-0.4, -0.2) is 4.57 Å². The van der Waals surface area contributed by atoms with Gasteiger partial charge in [-0.1, -0.05) is 41.5 Å². The van der Waals surface area contributed by atoms with Crippen molar-refractivity contribution >= 4 is 0 Å². The number of nitrogens with zero attached hydrogens (tertiary/aromatic N) is 2. The van der Waals surface area contributed by atoms with Crippen molar-refractivity contribution in [3.63, 3.8) is 0 Å². The maximum absolute atomic E-state index is 14.5. The Kier molecular flexibility index (Phi) is 6.55. The Bertz CT molecular complexity index is 732. The standard InChI is InChI=1S/C17H21F2N2.2C2H6/c1-6-17(4)12-9-11(18)10-13(19)14(12)15-20(5)7-8-21(15)16(17,2)3;2*1-2/h7-10H,6H2,1-5H3;2*1-2H3/q+1;;. The van der Waals surface area contributed by atoms with Crippen molar-refractivity contribution < 1.29 is 13.3 Å². The molecule has 2 aromatic rings. The molecule has 2 nitrogen and oxygen atoms in total. The summed E-state index contributed by atoms with van der Waals surface area (Å²) in [5.74, 6) is -0.210. The van der Waals surface area contributed by atoms with Crippen molar-refractivity contribution in [3.8, 4) is 11.4 Å². The topological polar surface area (TPSA) is 8.81 Å². The number of hydrogen-bond donors (Lipinski definition) is 0. The van der Waals surface area contributed by atoms with Crippen LogP contribution in [-0.2, 0) is 18.0 Å². The minimum Gasteiger partial charge on any atom is -0.233 e. The number of aromatic nitrogens is 2. The lowest BCUT2D eigenvalue weighted by Gasteiger charge is -2.45. The van der Waals surface area contributed by atoms with E-state index in [0.717, 1.165) is 23.9 Å². The van der Waals surface area contributed by atoms with Crippen molar-refractivity contribution in [2.45, 2.75) is 72.8 Å². The summed E-state index contributed by atoms with van der Waals surface area (Å²) in [7, 11) is 1.89. The van der Waals surface area contributed by atoms with Crippen molar-refractivity contribution in [3.05, 3.63) is 41.7 Å². The van der Waals surface area contributed by atoms with E-state index < -0.39 is 11.6 Å². The first-order valence-electron chi connectivity index (χ1n) is 9.31. The first-order valence-corrected chi connectivity index (χ1v) is 9.31. The average Bonchev–Trinajstić information content (AvgIpc) is 2.98. The maximum Gasteiger partial charge on any atom is 0.292 e. The van der Waals surface area contributed by atoms with Gasteiger partial charge in [0.15, 0.2) is 0 Å². The third-order valence-corrected chi connectivity index (χ3v) is 5.53. The SMILES string of the molecule is CC.CC.CCC1(C)c2cc(F)cc(F)c2-c2n(cc[n+]2C)C1(C)C. The molecule has 3 rings (SSSR count). The Balaban J connectivity index is 0.000000730. The molecule has 0 aliphatic carbocycles. The molecule has 0 saturated carbocycles. The summed E-state index contributed by atoms with van der Waals surface area (Å²) < 4.78 is 32.4. The summed E-state index contributed by atoms with van der Waals surface area (Å²) in [5, 5.41) is 0. The summed E-state index contributed by atoms with van der Waals surface area (Å²) in [6, 6.07) is 2.48. The van der Waals surface area contributed by atoms with Gasteiger partial charge in [0.25, 0.3) is 5.82 Å². The Hall–Kier alpha value is -1.71. The summed E-state index contributed by atoms with van der Waals surface area (Å²) in [6.07, 6.45) is 4.71. The third-order valence-electron chi connectivity index (χ3n) is 5.53. The zero-order valence-electron chi connectivity index (χ0n) is 17.2. The number of fused-ring (bicyclic) bond motifs is 3. The summed E-state index contributed by atoms with van der Waals surface area (Å²) in [5.41, 5.74) is 0.664. The largest absolute Gasteiger partial charge is 0.292 e. The zero-order valence-corrected chi connectivity index (χ0v) is 17.2. The molecule has 1 atom stereocenters. The molecule has 1 aliphatic rings. The second-order valence-electron chi connectivity index (χ2n) is 6.66. The Morgan fingerprint density at radius 2 is 1.60 bits per heavy atom. The van der Waals surface area contributed by atoms with E-state index in [0.29, 0.717) is 5.56 Å². The van der Waals surface area contributed by atoms with Crippen LogP contribution in [0.25, 0.3) is 11.4 Å². The second-order valence-corrected chi connectivity index (χ2v) is 6.66. The number of rotatable bonds is 1. The Morgan fingerprint density at radius 1 is 1.04 bits per heavy atom. The average molecular weight is 352 g/mol. The summed E-state index contributed by atoms with van der Waals surface area (Å²) in [4.78, 5) is 0. The van der Waals surface area contributed by atoms with Gasteiger partial charge < -0.3 is 0 Å². The number of halogens is 2. The van der Waals surface area contributed by atoms with E-state index in [1.165, 1.54) is 6.07 Å². The molecule has 0 radical (unpaired) electrons. The van der Waals surface area contributed by atoms with E-state index in [2.05, 4.69) is 32.3 Å². The van der Waals surface area contributed by atoms with E-state index in [1.807, 2.05) is 51.7 Å². The molecule has 0 N–H and O–H groups in total. The highest BCUT2D eigenvalue weighted by molar-refractivity contribution is 5.65. The van der Waals surface area contributed by atoms with Crippen LogP contribution in [0.15, 0.2) is 24.5 Å². The minimum atomic E-state index is -0.510. The van der Waals surface area contributed by atoms with Gasteiger partial charge in [-0.25, -0.2) is 17.9 Å². The summed E-state index contributed by atoms with van der Waals surface area (Å²) >= 11 is 0. The molecule has 1 aliphatic heterocycles. The lowest BCUT2D eigenvalue weighted by molar-refractivity contribution is -0.660. The first kappa shape index (κ1) is 21.3. The Labute approximate surface area is 151 Å². The fourth-order valence-electron chi connectivity index (χ4n) is 3.68. The van der Waals surface area contributed by atoms with E-state index in [1.54, 1.807) is 0 Å². The zero-order chi connectivity index (χ0) is 19.6. The smallest absolute Gasteiger partial charge is 0.233 e. The van der Waals surface area contributed by atoms with Crippen LogP contribution in [0.2, 0.25) is 0 Å². The molecule has 0 amide bonds. The van der Waals surface area contributed by atoms with Gasteiger partial charge in [0.1, 0.15) is 35.1 Å². The maximum atomic E-state index is 14.5. The van der Waals surface area contributed by atoms with Crippen molar-refractivity contribution in [1.82, 2.24) is 4.57 Å². The molecular formula is C21H33F2N2+. The van der Waals surface area contributed by atoms with Crippen LogP contribution in [0, 0.1) is 11.6 Å². The molecule has 1 unspecified atom stereocenters. The fraction of sp³-hybridized carbons (Fsp3) is 0.571. The predicted molar refractivity (Wildman–Crippen MR) is 101 cm³/mol. The van der Waals surface area contributed by atoms with Gasteiger partial charge in [-0.05, 0) is 31.9 Å². The van der Waals surface area contributed by atoms with Gasteiger partial charge in [-0.2, -0.15) is 0 Å². The van der Waals surface area contributed by atoms with Gasteiger partial charge in [0.05, 0.1) is 7.05 Å². The molecule has 1 aromatic heterocycles. The molecule has 0 saturated heterocycles. The fourth-order valence-corrected chi connectivity index (χ4v) is 3.68. The van der Waals surface area contributed by atoms with Crippen LogP contribution in [0.1, 0.15) is 67.4 Å². The van der Waals surface area contributed by atoms with Crippen molar-refractivity contribution in [2.75, 3.05) is 0 Å². The highest BCUT2D eigenvalue weighted by Crippen LogP contribution is 2.51. The molecule has 0 bridgehead atoms. The van der Waals surface area contributed by atoms with Crippen molar-refractivity contribution in [1.29, 1.82) is 0 Å². The monoisotopic (exact) mass is 351 g/mol. The number of hydrogen-bond acceptors (Lipinski definition) is 0. The van der Waals surface area contributed by atoms with E-state index in [9.17, 15) is 8.78 Å². The number of imidazole rings is 1. The molecule has 0 fully saturated rings. The van der Waals surface area contributed by atoms with Crippen LogP contribution in [0.3, 0.4) is 0 Å². The van der Waals surface area contributed by atoms with Gasteiger partial charge in [-0.3, -0.25) is 0 Å². The molecule has 25 heavy (non-hydrogen) atoms. The molecule has 0 spiro atoms. The predicted octanol–water partition coefficient (Wildman–Crippen LogP) is 5.73. The van der Waals surface area contributed by atoms with Crippen LogP contribution in [0.5, 0.6) is 0 Å². The minimum absolute atomic E-state index is 0.272. The van der Waals surface area contributed by atoms with Gasteiger partial charge in [0.2, 0.25) is 0 Å². The molecule has 1 aromatic carbocycles. The number of benzene rings is 1. The second kappa shape index (κ2) is 7.67.